The van der Waals surface area contributed by atoms with E-state index in [1.165, 1.54) is 41.0 Å². The number of hydroxylamine groups is 1. The van der Waals surface area contributed by atoms with E-state index >= 15 is 0 Å². The SMILES string of the molecule is CCCCCc1ccc(N2CCN(S(=O)(=O)C3(C(=O)NO)CCN(C(C)=O)CC3)CC2)cc1. The Labute approximate surface area is 196 Å². The second kappa shape index (κ2) is 10.8. The zero-order valence-electron chi connectivity index (χ0n) is 19.6. The molecule has 1 aromatic carbocycles. The maximum Gasteiger partial charge on any atom is 0.266 e. The summed E-state index contributed by atoms with van der Waals surface area (Å²) in [7, 11) is -4.04. The predicted molar refractivity (Wildman–Crippen MR) is 127 cm³/mol. The smallest absolute Gasteiger partial charge is 0.266 e. The number of carbonyl (C=O) groups is 2. The molecule has 0 bridgehead atoms. The highest BCUT2D eigenvalue weighted by Crippen LogP contribution is 2.34. The van der Waals surface area contributed by atoms with Gasteiger partial charge in [-0.2, -0.15) is 4.31 Å². The third kappa shape index (κ3) is 5.33. The lowest BCUT2D eigenvalue weighted by Crippen LogP contribution is -2.63. The number of nitrogens with zero attached hydrogens (tertiary/aromatic N) is 3. The minimum absolute atomic E-state index is 0.0407. The van der Waals surface area contributed by atoms with Crippen molar-refractivity contribution in [3.05, 3.63) is 29.8 Å². The molecule has 2 heterocycles. The summed E-state index contributed by atoms with van der Waals surface area (Å²) in [6.07, 6.45) is 4.58. The quantitative estimate of drug-likeness (QED) is 0.333. The summed E-state index contributed by atoms with van der Waals surface area (Å²) in [5.74, 6) is -1.08. The summed E-state index contributed by atoms with van der Waals surface area (Å²) in [5.41, 5.74) is 3.93. The predicted octanol–water partition coefficient (Wildman–Crippen LogP) is 1.76. The highest BCUT2D eigenvalue weighted by Gasteiger charge is 2.55. The van der Waals surface area contributed by atoms with Crippen LogP contribution in [0.25, 0.3) is 0 Å². The van der Waals surface area contributed by atoms with Crippen LogP contribution in [0.5, 0.6) is 0 Å². The van der Waals surface area contributed by atoms with Gasteiger partial charge in [-0.05, 0) is 43.4 Å². The summed E-state index contributed by atoms with van der Waals surface area (Å²) in [4.78, 5) is 27.9. The number of piperidine rings is 1. The molecule has 2 fully saturated rings. The number of nitrogens with one attached hydrogen (secondary N) is 1. The molecule has 9 nitrogen and oxygen atoms in total. The molecule has 2 amide bonds. The fourth-order valence-corrected chi connectivity index (χ4v) is 6.89. The van der Waals surface area contributed by atoms with Gasteiger partial charge in [0.15, 0.2) is 4.75 Å². The maximum absolute atomic E-state index is 13.6. The number of unbranched alkanes of at least 4 members (excludes halogenated alkanes) is 2. The molecular formula is C23H36N4O5S. The number of hydrogen-bond acceptors (Lipinski definition) is 6. The number of anilines is 1. The van der Waals surface area contributed by atoms with E-state index in [-0.39, 0.29) is 44.9 Å². The fourth-order valence-electron chi connectivity index (χ4n) is 4.77. The normalized spacial score (nSPS) is 19.4. The van der Waals surface area contributed by atoms with E-state index in [0.717, 1.165) is 12.1 Å². The molecule has 10 heteroatoms. The van der Waals surface area contributed by atoms with E-state index in [9.17, 15) is 23.2 Å². The van der Waals surface area contributed by atoms with E-state index in [4.69, 9.17) is 0 Å². The molecular weight excluding hydrogens is 444 g/mol. The Balaban J connectivity index is 1.67. The van der Waals surface area contributed by atoms with Crippen LogP contribution in [-0.4, -0.2) is 78.7 Å². The Morgan fingerprint density at radius 3 is 2.12 bits per heavy atom. The van der Waals surface area contributed by atoms with Gasteiger partial charge in [0.1, 0.15) is 0 Å². The first-order valence-electron chi connectivity index (χ1n) is 11.8. The van der Waals surface area contributed by atoms with E-state index in [1.54, 1.807) is 5.48 Å². The second-order valence-corrected chi connectivity index (χ2v) is 11.2. The number of carbonyl (C=O) groups excluding carboxylic acids is 2. The van der Waals surface area contributed by atoms with Gasteiger partial charge in [0.05, 0.1) is 0 Å². The molecule has 2 aliphatic heterocycles. The van der Waals surface area contributed by atoms with Crippen molar-refractivity contribution in [3.8, 4) is 0 Å². The summed E-state index contributed by atoms with van der Waals surface area (Å²) < 4.78 is 26.8. The molecule has 1 aromatic rings. The number of benzene rings is 1. The Bertz CT molecular complexity index is 919. The van der Waals surface area contributed by atoms with E-state index in [1.807, 2.05) is 0 Å². The van der Waals surface area contributed by atoms with Gasteiger partial charge in [-0.15, -0.1) is 0 Å². The van der Waals surface area contributed by atoms with Gasteiger partial charge in [-0.25, -0.2) is 13.9 Å². The number of rotatable bonds is 8. The average molecular weight is 481 g/mol. The van der Waals surface area contributed by atoms with Crippen molar-refractivity contribution in [1.82, 2.24) is 14.7 Å². The molecule has 184 valence electrons. The lowest BCUT2D eigenvalue weighted by atomic mass is 9.95. The largest absolute Gasteiger partial charge is 0.369 e. The molecule has 0 aliphatic carbocycles. The number of hydrogen-bond donors (Lipinski definition) is 2. The summed E-state index contributed by atoms with van der Waals surface area (Å²) in [6, 6.07) is 8.45. The zero-order chi connectivity index (χ0) is 24.1. The third-order valence-electron chi connectivity index (χ3n) is 6.97. The summed E-state index contributed by atoms with van der Waals surface area (Å²) in [5, 5.41) is 9.30. The molecule has 0 spiro atoms. The molecule has 2 aliphatic rings. The third-order valence-corrected chi connectivity index (χ3v) is 9.60. The van der Waals surface area contributed by atoms with Crippen molar-refractivity contribution in [2.75, 3.05) is 44.2 Å². The monoisotopic (exact) mass is 480 g/mol. The lowest BCUT2D eigenvalue weighted by molar-refractivity contribution is -0.137. The minimum Gasteiger partial charge on any atom is -0.369 e. The van der Waals surface area contributed by atoms with Crippen LogP contribution in [-0.2, 0) is 26.0 Å². The van der Waals surface area contributed by atoms with Crippen molar-refractivity contribution in [1.29, 1.82) is 0 Å². The Morgan fingerprint density at radius 1 is 1.00 bits per heavy atom. The Hall–Kier alpha value is -2.17. The van der Waals surface area contributed by atoms with E-state index in [0.29, 0.717) is 13.1 Å². The molecule has 0 atom stereocenters. The summed E-state index contributed by atoms with van der Waals surface area (Å²) in [6.45, 7) is 5.49. The number of amides is 2. The van der Waals surface area contributed by atoms with E-state index in [2.05, 4.69) is 36.1 Å². The number of aryl methyl sites for hydroxylation is 1. The highest BCUT2D eigenvalue weighted by molar-refractivity contribution is 7.91. The summed E-state index contributed by atoms with van der Waals surface area (Å²) >= 11 is 0. The van der Waals surface area contributed by atoms with Crippen molar-refractivity contribution in [2.45, 2.75) is 57.1 Å². The molecule has 0 aromatic heterocycles. The number of piperazine rings is 1. The molecule has 0 unspecified atom stereocenters. The van der Waals surface area contributed by atoms with E-state index < -0.39 is 20.7 Å². The standard InChI is InChI=1S/C23H36N4O5S/c1-3-4-5-6-20-7-9-21(10-8-20)26-15-17-27(18-16-26)33(31,32)23(22(29)24-30)11-13-25(14-12-23)19(2)28/h7-10,30H,3-6,11-18H2,1-2H3,(H,24,29). The van der Waals surface area contributed by atoms with Crippen LogP contribution in [0.2, 0.25) is 0 Å². The molecule has 33 heavy (non-hydrogen) atoms. The van der Waals surface area contributed by atoms with Crippen LogP contribution < -0.4 is 10.4 Å². The van der Waals surface area contributed by atoms with Gasteiger partial charge in [0.25, 0.3) is 5.91 Å². The van der Waals surface area contributed by atoms with Crippen molar-refractivity contribution in [3.63, 3.8) is 0 Å². The van der Waals surface area contributed by atoms with Crippen LogP contribution in [0.15, 0.2) is 24.3 Å². The molecule has 0 saturated carbocycles. The molecule has 2 saturated heterocycles. The minimum atomic E-state index is -4.04. The van der Waals surface area contributed by atoms with Crippen LogP contribution in [0.1, 0.15) is 51.5 Å². The first-order valence-corrected chi connectivity index (χ1v) is 13.2. The Morgan fingerprint density at radius 2 is 1.61 bits per heavy atom. The van der Waals surface area contributed by atoms with Gasteiger partial charge in [0, 0.05) is 51.9 Å². The first-order chi connectivity index (χ1) is 15.7. The molecule has 3 rings (SSSR count). The number of likely N-dealkylation sites (tertiary alicyclic amines) is 1. The van der Waals surface area contributed by atoms with Gasteiger partial charge >= 0.3 is 0 Å². The van der Waals surface area contributed by atoms with Crippen LogP contribution in [0.4, 0.5) is 5.69 Å². The van der Waals surface area contributed by atoms with Crippen molar-refractivity contribution in [2.24, 2.45) is 0 Å². The lowest BCUT2D eigenvalue weighted by Gasteiger charge is -2.44. The Kier molecular flexibility index (Phi) is 8.36. The molecule has 2 N–H and O–H groups in total. The fraction of sp³-hybridized carbons (Fsp3) is 0.652. The van der Waals surface area contributed by atoms with Crippen molar-refractivity contribution < 1.29 is 23.2 Å². The first kappa shape index (κ1) is 25.5. The average Bonchev–Trinajstić information content (AvgIpc) is 2.84. The zero-order valence-corrected chi connectivity index (χ0v) is 20.4. The second-order valence-electron chi connectivity index (χ2n) is 8.96. The van der Waals surface area contributed by atoms with Crippen molar-refractivity contribution >= 4 is 27.5 Å². The molecule has 0 radical (unpaired) electrons. The van der Waals surface area contributed by atoms with Crippen LogP contribution in [0.3, 0.4) is 0 Å². The topological polar surface area (TPSA) is 110 Å². The number of sulfonamides is 1. The van der Waals surface area contributed by atoms with Gasteiger partial charge in [0.2, 0.25) is 15.9 Å². The van der Waals surface area contributed by atoms with Crippen LogP contribution in [0, 0.1) is 0 Å². The van der Waals surface area contributed by atoms with Gasteiger partial charge < -0.3 is 9.80 Å². The maximum atomic E-state index is 13.6. The van der Waals surface area contributed by atoms with Crippen LogP contribution >= 0.6 is 0 Å². The van der Waals surface area contributed by atoms with Gasteiger partial charge in [-0.3, -0.25) is 14.8 Å². The highest BCUT2D eigenvalue weighted by atomic mass is 32.2. The van der Waals surface area contributed by atoms with Gasteiger partial charge in [-0.1, -0.05) is 31.9 Å².